The molecule has 0 saturated carbocycles. The van der Waals surface area contributed by atoms with Gasteiger partial charge in [-0.2, -0.15) is 0 Å². The highest BCUT2D eigenvalue weighted by atomic mass is 28.3. The molecule has 0 amide bonds. The Labute approximate surface area is 77.9 Å². The molecule has 0 aromatic carbocycles. The fourth-order valence-electron chi connectivity index (χ4n) is 1.22. The van der Waals surface area contributed by atoms with E-state index in [4.69, 9.17) is 4.43 Å². The van der Waals surface area contributed by atoms with Crippen molar-refractivity contribution >= 4 is 9.20 Å². The fraction of sp³-hybridized carbons (Fsp3) is 1.00. The van der Waals surface area contributed by atoms with E-state index in [1.165, 1.54) is 12.6 Å². The van der Waals surface area contributed by atoms with E-state index < -0.39 is 9.20 Å². The SMILES string of the molecule is CCN(CC)CC[SiH](NC)OC. The van der Waals surface area contributed by atoms with Crippen LogP contribution >= 0.6 is 0 Å². The summed E-state index contributed by atoms with van der Waals surface area (Å²) in [6.45, 7) is 7.85. The van der Waals surface area contributed by atoms with Crippen LogP contribution in [0.15, 0.2) is 0 Å². The molecule has 4 heteroatoms. The third-order valence-corrected chi connectivity index (χ3v) is 4.20. The molecule has 0 rings (SSSR count). The molecule has 74 valence electrons. The molecule has 0 aliphatic rings. The molecule has 0 aliphatic heterocycles. The molecule has 3 nitrogen and oxygen atoms in total. The van der Waals surface area contributed by atoms with Crippen LogP contribution in [0.3, 0.4) is 0 Å². The molecule has 0 aromatic heterocycles. The van der Waals surface area contributed by atoms with Crippen molar-refractivity contribution in [1.29, 1.82) is 0 Å². The Morgan fingerprint density at radius 2 is 1.92 bits per heavy atom. The summed E-state index contributed by atoms with van der Waals surface area (Å²) in [5.41, 5.74) is 0. The zero-order valence-corrected chi connectivity index (χ0v) is 9.92. The van der Waals surface area contributed by atoms with Gasteiger partial charge in [0.1, 0.15) is 0 Å². The largest absolute Gasteiger partial charge is 0.409 e. The van der Waals surface area contributed by atoms with Crippen LogP contribution in [0, 0.1) is 0 Å². The van der Waals surface area contributed by atoms with Crippen LogP contribution in [0.2, 0.25) is 6.04 Å². The Morgan fingerprint density at radius 1 is 1.33 bits per heavy atom. The van der Waals surface area contributed by atoms with Crippen LogP contribution in [-0.4, -0.2) is 47.9 Å². The van der Waals surface area contributed by atoms with Gasteiger partial charge in [-0.15, -0.1) is 0 Å². The monoisotopic (exact) mass is 190 g/mol. The molecule has 1 atom stereocenters. The first-order valence-corrected chi connectivity index (χ1v) is 6.57. The standard InChI is InChI=1S/C8H22N2OSi/c1-5-10(6-2)7-8-12(9-3)11-4/h9,12H,5-8H2,1-4H3. The van der Waals surface area contributed by atoms with Crippen LogP contribution < -0.4 is 4.98 Å². The lowest BCUT2D eigenvalue weighted by atomic mass is 10.5. The van der Waals surface area contributed by atoms with Crippen LogP contribution in [0.1, 0.15) is 13.8 Å². The Hall–Kier alpha value is 0.0969. The van der Waals surface area contributed by atoms with Crippen molar-refractivity contribution in [2.75, 3.05) is 33.8 Å². The van der Waals surface area contributed by atoms with E-state index in [1.54, 1.807) is 7.11 Å². The minimum absolute atomic E-state index is 1.07. The third-order valence-electron chi connectivity index (χ3n) is 2.21. The first kappa shape index (κ1) is 12.1. The number of hydrogen-bond acceptors (Lipinski definition) is 3. The first-order chi connectivity index (χ1) is 5.78. The van der Waals surface area contributed by atoms with Crippen molar-refractivity contribution < 1.29 is 4.43 Å². The Kier molecular flexibility index (Phi) is 7.79. The zero-order chi connectivity index (χ0) is 9.40. The highest BCUT2D eigenvalue weighted by molar-refractivity contribution is 6.48. The summed E-state index contributed by atoms with van der Waals surface area (Å²) in [6, 6.07) is 1.19. The van der Waals surface area contributed by atoms with E-state index in [1.807, 2.05) is 7.05 Å². The summed E-state index contributed by atoms with van der Waals surface area (Å²) in [6.07, 6.45) is 0. The highest BCUT2D eigenvalue weighted by Crippen LogP contribution is 1.94. The lowest BCUT2D eigenvalue weighted by Crippen LogP contribution is -2.37. The first-order valence-electron chi connectivity index (χ1n) is 4.70. The van der Waals surface area contributed by atoms with Gasteiger partial charge < -0.3 is 14.3 Å². The highest BCUT2D eigenvalue weighted by Gasteiger charge is 2.08. The molecule has 0 heterocycles. The van der Waals surface area contributed by atoms with E-state index >= 15 is 0 Å². The lowest BCUT2D eigenvalue weighted by molar-refractivity contribution is 0.311. The minimum Gasteiger partial charge on any atom is -0.409 e. The molecule has 0 saturated heterocycles. The maximum atomic E-state index is 5.34. The van der Waals surface area contributed by atoms with Crippen molar-refractivity contribution in [2.45, 2.75) is 19.9 Å². The number of rotatable bonds is 7. The third kappa shape index (κ3) is 4.87. The van der Waals surface area contributed by atoms with E-state index in [0.717, 1.165) is 13.1 Å². The van der Waals surface area contributed by atoms with Crippen molar-refractivity contribution in [3.8, 4) is 0 Å². The molecular formula is C8H22N2OSi. The second-order valence-electron chi connectivity index (χ2n) is 2.83. The van der Waals surface area contributed by atoms with E-state index in [2.05, 4.69) is 23.7 Å². The van der Waals surface area contributed by atoms with Gasteiger partial charge in [0, 0.05) is 7.11 Å². The Morgan fingerprint density at radius 3 is 2.25 bits per heavy atom. The average Bonchev–Trinajstić information content (AvgIpc) is 2.13. The average molecular weight is 190 g/mol. The van der Waals surface area contributed by atoms with Gasteiger partial charge in [-0.1, -0.05) is 13.8 Å². The molecule has 0 radical (unpaired) electrons. The Balaban J connectivity index is 3.49. The topological polar surface area (TPSA) is 24.5 Å². The number of nitrogens with one attached hydrogen (secondary N) is 1. The molecule has 0 fully saturated rings. The number of hydrogen-bond donors (Lipinski definition) is 1. The van der Waals surface area contributed by atoms with Crippen molar-refractivity contribution in [3.05, 3.63) is 0 Å². The molecule has 12 heavy (non-hydrogen) atoms. The maximum absolute atomic E-state index is 5.34. The van der Waals surface area contributed by atoms with Gasteiger partial charge in [0.15, 0.2) is 0 Å². The van der Waals surface area contributed by atoms with Crippen LogP contribution in [0.4, 0.5) is 0 Å². The quantitative estimate of drug-likeness (QED) is 0.589. The summed E-state index contributed by atoms with van der Waals surface area (Å²) >= 11 is 0. The molecule has 0 spiro atoms. The fourth-order valence-corrected chi connectivity index (χ4v) is 2.58. The van der Waals surface area contributed by atoms with E-state index in [0.29, 0.717) is 0 Å². The normalized spacial score (nSPS) is 13.8. The smallest absolute Gasteiger partial charge is 0.252 e. The van der Waals surface area contributed by atoms with Gasteiger partial charge >= 0.3 is 0 Å². The van der Waals surface area contributed by atoms with Gasteiger partial charge in [-0.25, -0.2) is 0 Å². The van der Waals surface area contributed by atoms with Gasteiger partial charge in [-0.05, 0) is 32.7 Å². The zero-order valence-electron chi connectivity index (χ0n) is 8.76. The molecular weight excluding hydrogens is 168 g/mol. The van der Waals surface area contributed by atoms with Gasteiger partial charge in [0.05, 0.1) is 0 Å². The molecule has 0 aromatic rings. The molecule has 0 bridgehead atoms. The molecule has 1 unspecified atom stereocenters. The summed E-state index contributed by atoms with van der Waals surface area (Å²) in [5, 5.41) is 0. The van der Waals surface area contributed by atoms with E-state index in [9.17, 15) is 0 Å². The van der Waals surface area contributed by atoms with Crippen molar-refractivity contribution in [1.82, 2.24) is 9.88 Å². The van der Waals surface area contributed by atoms with E-state index in [-0.39, 0.29) is 0 Å². The minimum atomic E-state index is -1.07. The molecule has 0 aliphatic carbocycles. The van der Waals surface area contributed by atoms with Crippen molar-refractivity contribution in [2.24, 2.45) is 0 Å². The molecule has 1 N–H and O–H groups in total. The second kappa shape index (κ2) is 7.73. The predicted octanol–water partition coefficient (Wildman–Crippen LogP) is 0.414. The predicted molar refractivity (Wildman–Crippen MR) is 55.8 cm³/mol. The van der Waals surface area contributed by atoms with Crippen LogP contribution in [0.5, 0.6) is 0 Å². The summed E-state index contributed by atoms with van der Waals surface area (Å²) in [4.78, 5) is 5.67. The second-order valence-corrected chi connectivity index (χ2v) is 5.43. The summed E-state index contributed by atoms with van der Waals surface area (Å²) in [7, 11) is 2.72. The summed E-state index contributed by atoms with van der Waals surface area (Å²) < 4.78 is 5.34. The Bertz CT molecular complexity index is 83.1. The maximum Gasteiger partial charge on any atom is 0.252 e. The van der Waals surface area contributed by atoms with Crippen molar-refractivity contribution in [3.63, 3.8) is 0 Å². The van der Waals surface area contributed by atoms with Gasteiger partial charge in [0.25, 0.3) is 9.20 Å². The number of nitrogens with zero attached hydrogens (tertiary/aromatic N) is 1. The van der Waals surface area contributed by atoms with Crippen LogP contribution in [0.25, 0.3) is 0 Å². The summed E-state index contributed by atoms with van der Waals surface area (Å²) in [5.74, 6) is 0. The van der Waals surface area contributed by atoms with Gasteiger partial charge in [0.2, 0.25) is 0 Å². The lowest BCUT2D eigenvalue weighted by Gasteiger charge is -2.20. The van der Waals surface area contributed by atoms with Crippen LogP contribution in [-0.2, 0) is 4.43 Å². The van der Waals surface area contributed by atoms with Gasteiger partial charge in [-0.3, -0.25) is 0 Å².